The van der Waals surface area contributed by atoms with E-state index in [4.69, 9.17) is 17.4 Å². The lowest BCUT2D eigenvalue weighted by Crippen LogP contribution is -2.52. The molecular weight excluding hydrogens is 384 g/mol. The van der Waals surface area contributed by atoms with Gasteiger partial charge in [-0.05, 0) is 17.7 Å². The van der Waals surface area contributed by atoms with Crippen LogP contribution in [0.1, 0.15) is 0 Å². The minimum Gasteiger partial charge on any atom is -0.338 e. The second kappa shape index (κ2) is 7.44. The number of amides is 1. The summed E-state index contributed by atoms with van der Waals surface area (Å²) in [6.45, 7) is 2.44. The van der Waals surface area contributed by atoms with E-state index in [-0.39, 0.29) is 17.3 Å². The van der Waals surface area contributed by atoms with E-state index < -0.39 is 0 Å². The Morgan fingerprint density at radius 2 is 1.81 bits per heavy atom. The van der Waals surface area contributed by atoms with Crippen LogP contribution in [0.5, 0.6) is 0 Å². The third kappa shape index (κ3) is 3.64. The summed E-state index contributed by atoms with van der Waals surface area (Å²) in [7, 11) is 0. The molecule has 0 bridgehead atoms. The highest BCUT2D eigenvalue weighted by Crippen LogP contribution is 2.33. The van der Waals surface area contributed by atoms with E-state index in [1.807, 2.05) is 36.4 Å². The van der Waals surface area contributed by atoms with Gasteiger partial charge in [0.2, 0.25) is 5.91 Å². The number of hydrogen-bond acceptors (Lipinski definition) is 5. The van der Waals surface area contributed by atoms with E-state index in [1.165, 1.54) is 4.57 Å². The standard InChI is InChI=1S/C19H19ClN4O2S/c20-15-11-16-17(10-14(15)13-4-2-1-3-5-13)27-19(26)24(16)12-18(25)22-6-8-23(21)9-7-22/h1-5,10-11H,6-9,12,21H2. The maximum absolute atomic E-state index is 12.6. The Bertz CT molecular complexity index is 1040. The molecule has 0 unspecified atom stereocenters. The number of piperazine rings is 1. The predicted octanol–water partition coefficient (Wildman–Crippen LogP) is 2.40. The number of hydrazine groups is 1. The normalized spacial score (nSPS) is 15.4. The van der Waals surface area contributed by atoms with Gasteiger partial charge < -0.3 is 4.90 Å². The number of benzene rings is 2. The predicted molar refractivity (Wildman–Crippen MR) is 109 cm³/mol. The van der Waals surface area contributed by atoms with Gasteiger partial charge in [-0.2, -0.15) is 0 Å². The van der Waals surface area contributed by atoms with Gasteiger partial charge in [0, 0.05) is 31.7 Å². The molecule has 0 saturated carbocycles. The summed E-state index contributed by atoms with van der Waals surface area (Å²) in [6.07, 6.45) is 0. The Morgan fingerprint density at radius 1 is 1.11 bits per heavy atom. The molecule has 1 aliphatic heterocycles. The maximum Gasteiger partial charge on any atom is 0.308 e. The number of fused-ring (bicyclic) bond motifs is 1. The summed E-state index contributed by atoms with van der Waals surface area (Å²) in [6, 6.07) is 13.5. The molecule has 1 aromatic heterocycles. The largest absolute Gasteiger partial charge is 0.338 e. The molecule has 3 aromatic rings. The number of nitrogens with two attached hydrogens (primary N) is 1. The van der Waals surface area contributed by atoms with Crippen molar-refractivity contribution in [3.05, 3.63) is 57.2 Å². The average Bonchev–Trinajstić information content (AvgIpc) is 2.97. The lowest BCUT2D eigenvalue weighted by molar-refractivity contribution is -0.133. The van der Waals surface area contributed by atoms with Crippen LogP contribution in [-0.4, -0.2) is 46.6 Å². The van der Waals surface area contributed by atoms with Gasteiger partial charge in [-0.1, -0.05) is 53.3 Å². The van der Waals surface area contributed by atoms with Crippen molar-refractivity contribution >= 4 is 39.1 Å². The molecule has 1 saturated heterocycles. The SMILES string of the molecule is NN1CCN(C(=O)Cn2c(=O)sc3cc(-c4ccccc4)c(Cl)cc32)CC1. The van der Waals surface area contributed by atoms with Gasteiger partial charge in [0.1, 0.15) is 6.54 Å². The third-order valence-corrected chi connectivity index (χ3v) is 6.06. The molecule has 27 heavy (non-hydrogen) atoms. The third-order valence-electron chi connectivity index (χ3n) is 4.80. The van der Waals surface area contributed by atoms with Crippen LogP contribution in [0.15, 0.2) is 47.3 Å². The van der Waals surface area contributed by atoms with Gasteiger partial charge in [-0.3, -0.25) is 20.0 Å². The summed E-state index contributed by atoms with van der Waals surface area (Å²) in [5, 5.41) is 2.25. The van der Waals surface area contributed by atoms with E-state index in [2.05, 4.69) is 0 Å². The fourth-order valence-electron chi connectivity index (χ4n) is 3.28. The fraction of sp³-hybridized carbons (Fsp3) is 0.263. The molecule has 1 fully saturated rings. The molecule has 2 aromatic carbocycles. The zero-order valence-corrected chi connectivity index (χ0v) is 16.2. The van der Waals surface area contributed by atoms with Crippen molar-refractivity contribution < 1.29 is 4.79 Å². The van der Waals surface area contributed by atoms with Crippen LogP contribution in [0, 0.1) is 0 Å². The highest BCUT2D eigenvalue weighted by atomic mass is 35.5. The van der Waals surface area contributed by atoms with Crippen LogP contribution in [0.4, 0.5) is 0 Å². The summed E-state index contributed by atoms with van der Waals surface area (Å²) in [5.74, 6) is 5.66. The summed E-state index contributed by atoms with van der Waals surface area (Å²) in [5.41, 5.74) is 2.57. The Kier molecular flexibility index (Phi) is 5.01. The molecular formula is C19H19ClN4O2S. The smallest absolute Gasteiger partial charge is 0.308 e. The van der Waals surface area contributed by atoms with Crippen LogP contribution in [0.2, 0.25) is 5.02 Å². The summed E-state index contributed by atoms with van der Waals surface area (Å²) < 4.78 is 2.33. The number of aromatic nitrogens is 1. The monoisotopic (exact) mass is 402 g/mol. The highest BCUT2D eigenvalue weighted by Gasteiger charge is 2.21. The molecule has 0 aliphatic carbocycles. The molecule has 0 spiro atoms. The second-order valence-electron chi connectivity index (χ2n) is 6.54. The van der Waals surface area contributed by atoms with Crippen LogP contribution < -0.4 is 10.7 Å². The van der Waals surface area contributed by atoms with Crippen molar-refractivity contribution in [3.8, 4) is 11.1 Å². The van der Waals surface area contributed by atoms with Crippen molar-refractivity contribution in [3.63, 3.8) is 0 Å². The van der Waals surface area contributed by atoms with E-state index in [1.54, 1.807) is 16.0 Å². The van der Waals surface area contributed by atoms with Crippen molar-refractivity contribution in [1.82, 2.24) is 14.5 Å². The van der Waals surface area contributed by atoms with Gasteiger partial charge in [-0.25, -0.2) is 5.01 Å². The number of carbonyl (C=O) groups excluding carboxylic acids is 1. The Morgan fingerprint density at radius 3 is 2.52 bits per heavy atom. The summed E-state index contributed by atoms with van der Waals surface area (Å²) in [4.78, 5) is 26.7. The fourth-order valence-corrected chi connectivity index (χ4v) is 4.46. The topological polar surface area (TPSA) is 71.6 Å². The molecule has 1 amide bonds. The maximum atomic E-state index is 12.6. The van der Waals surface area contributed by atoms with Gasteiger partial charge in [-0.15, -0.1) is 0 Å². The van der Waals surface area contributed by atoms with E-state index in [9.17, 15) is 9.59 Å². The van der Waals surface area contributed by atoms with Gasteiger partial charge in [0.15, 0.2) is 0 Å². The highest BCUT2D eigenvalue weighted by molar-refractivity contribution is 7.16. The zero-order chi connectivity index (χ0) is 19.0. The van der Waals surface area contributed by atoms with Gasteiger partial charge >= 0.3 is 4.87 Å². The van der Waals surface area contributed by atoms with Crippen LogP contribution in [0.25, 0.3) is 21.3 Å². The number of carbonyl (C=O) groups is 1. The van der Waals surface area contributed by atoms with E-state index >= 15 is 0 Å². The van der Waals surface area contributed by atoms with E-state index in [0.29, 0.717) is 36.7 Å². The molecule has 140 valence electrons. The first-order valence-electron chi connectivity index (χ1n) is 8.68. The van der Waals surface area contributed by atoms with Crippen molar-refractivity contribution in [2.45, 2.75) is 6.54 Å². The Balaban J connectivity index is 1.66. The van der Waals surface area contributed by atoms with Crippen LogP contribution >= 0.6 is 22.9 Å². The molecule has 1 aliphatic rings. The van der Waals surface area contributed by atoms with Crippen molar-refractivity contribution in [2.24, 2.45) is 5.84 Å². The molecule has 0 atom stereocenters. The van der Waals surface area contributed by atoms with Crippen molar-refractivity contribution in [1.29, 1.82) is 0 Å². The molecule has 2 N–H and O–H groups in total. The zero-order valence-electron chi connectivity index (χ0n) is 14.6. The van der Waals surface area contributed by atoms with Crippen LogP contribution in [-0.2, 0) is 11.3 Å². The number of hydrogen-bond donors (Lipinski definition) is 1. The van der Waals surface area contributed by atoms with E-state index in [0.717, 1.165) is 27.2 Å². The number of rotatable bonds is 3. The first-order chi connectivity index (χ1) is 13.0. The van der Waals surface area contributed by atoms with Crippen molar-refractivity contribution in [2.75, 3.05) is 26.2 Å². The Hall–Kier alpha value is -2.19. The van der Waals surface area contributed by atoms with Gasteiger partial charge in [0.05, 0.1) is 15.2 Å². The Labute approximate surface area is 165 Å². The quantitative estimate of drug-likeness (QED) is 0.683. The minimum atomic E-state index is -0.155. The lowest BCUT2D eigenvalue weighted by atomic mass is 10.1. The molecule has 6 nitrogen and oxygen atoms in total. The first kappa shape index (κ1) is 18.2. The first-order valence-corrected chi connectivity index (χ1v) is 9.88. The number of nitrogens with zero attached hydrogens (tertiary/aromatic N) is 3. The minimum absolute atomic E-state index is 0.0183. The second-order valence-corrected chi connectivity index (χ2v) is 7.94. The van der Waals surface area contributed by atoms with Crippen LogP contribution in [0.3, 0.4) is 0 Å². The number of halogens is 1. The average molecular weight is 403 g/mol. The summed E-state index contributed by atoms with van der Waals surface area (Å²) >= 11 is 7.63. The molecule has 2 heterocycles. The molecule has 0 radical (unpaired) electrons. The van der Waals surface area contributed by atoms with Gasteiger partial charge in [0.25, 0.3) is 0 Å². The molecule has 4 rings (SSSR count). The lowest BCUT2D eigenvalue weighted by Gasteiger charge is -2.32. The number of thiazole rings is 1. The molecule has 8 heteroatoms.